The molecule has 6 heteroatoms. The predicted molar refractivity (Wildman–Crippen MR) is 75.4 cm³/mol. The van der Waals surface area contributed by atoms with Crippen LogP contribution in [0, 0.1) is 0 Å². The Morgan fingerprint density at radius 1 is 1.42 bits per heavy atom. The van der Waals surface area contributed by atoms with Crippen LogP contribution in [0.5, 0.6) is 0 Å². The van der Waals surface area contributed by atoms with Crippen LogP contribution in [0.25, 0.3) is 0 Å². The Bertz CT molecular complexity index is 406. The molecule has 0 saturated carbocycles. The molecule has 0 bridgehead atoms. The number of carboxylic acid groups (broad SMARTS) is 1. The molecular weight excluding hydrogens is 264 g/mol. The maximum atomic E-state index is 11.8. The van der Waals surface area contributed by atoms with Crippen molar-refractivity contribution in [3.05, 3.63) is 22.4 Å². The minimum absolute atomic E-state index is 0.0120. The van der Waals surface area contributed by atoms with Gasteiger partial charge in [0.2, 0.25) is 0 Å². The highest BCUT2D eigenvalue weighted by atomic mass is 32.1. The van der Waals surface area contributed by atoms with Gasteiger partial charge >= 0.3 is 12.0 Å². The number of rotatable bonds is 7. The molecular formula is C13H20N2O3S. The molecule has 2 amide bonds. The van der Waals surface area contributed by atoms with Crippen molar-refractivity contribution < 1.29 is 14.7 Å². The SMILES string of the molecule is CCCC(NC(=O)NC(C)CC(=O)O)c1cccs1. The number of carbonyl (C=O) groups excluding carboxylic acids is 1. The van der Waals surface area contributed by atoms with Crippen molar-refractivity contribution in [2.75, 3.05) is 0 Å². The zero-order valence-corrected chi connectivity index (χ0v) is 12.0. The Kier molecular flexibility index (Phi) is 6.35. The molecule has 1 aromatic heterocycles. The summed E-state index contributed by atoms with van der Waals surface area (Å²) in [7, 11) is 0. The van der Waals surface area contributed by atoms with Gasteiger partial charge in [-0.15, -0.1) is 11.3 Å². The van der Waals surface area contributed by atoms with E-state index in [2.05, 4.69) is 17.6 Å². The first-order valence-corrected chi connectivity index (χ1v) is 7.23. The summed E-state index contributed by atoms with van der Waals surface area (Å²) in [6.45, 7) is 3.74. The van der Waals surface area contributed by atoms with Crippen LogP contribution in [-0.4, -0.2) is 23.1 Å². The topological polar surface area (TPSA) is 78.4 Å². The second kappa shape index (κ2) is 7.78. The quantitative estimate of drug-likeness (QED) is 0.720. The summed E-state index contributed by atoms with van der Waals surface area (Å²) in [6, 6.07) is 3.23. The maximum absolute atomic E-state index is 11.8. The fraction of sp³-hybridized carbons (Fsp3) is 0.538. The molecule has 0 saturated heterocycles. The van der Waals surface area contributed by atoms with E-state index in [0.717, 1.165) is 17.7 Å². The Morgan fingerprint density at radius 2 is 2.16 bits per heavy atom. The van der Waals surface area contributed by atoms with Gasteiger partial charge in [-0.05, 0) is 24.8 Å². The number of hydrogen-bond donors (Lipinski definition) is 3. The minimum atomic E-state index is -0.920. The molecule has 2 unspecified atom stereocenters. The van der Waals surface area contributed by atoms with Crippen molar-refractivity contribution in [2.24, 2.45) is 0 Å². The monoisotopic (exact) mass is 284 g/mol. The number of urea groups is 1. The van der Waals surface area contributed by atoms with Crippen molar-refractivity contribution in [3.63, 3.8) is 0 Å². The molecule has 2 atom stereocenters. The fourth-order valence-electron chi connectivity index (χ4n) is 1.80. The van der Waals surface area contributed by atoms with Gasteiger partial charge in [0.15, 0.2) is 0 Å². The van der Waals surface area contributed by atoms with Crippen molar-refractivity contribution in [2.45, 2.75) is 45.2 Å². The van der Waals surface area contributed by atoms with Crippen molar-refractivity contribution >= 4 is 23.3 Å². The zero-order valence-electron chi connectivity index (χ0n) is 11.2. The van der Waals surface area contributed by atoms with Crippen LogP contribution in [0.15, 0.2) is 17.5 Å². The van der Waals surface area contributed by atoms with Crippen LogP contribution in [0.4, 0.5) is 4.79 Å². The lowest BCUT2D eigenvalue weighted by Gasteiger charge is -2.19. The summed E-state index contributed by atoms with van der Waals surface area (Å²) in [5.41, 5.74) is 0. The largest absolute Gasteiger partial charge is 0.481 e. The normalized spacial score (nSPS) is 13.6. The first-order valence-electron chi connectivity index (χ1n) is 6.35. The van der Waals surface area contributed by atoms with E-state index in [1.54, 1.807) is 18.3 Å². The Hall–Kier alpha value is -1.56. The molecule has 3 N–H and O–H groups in total. The lowest BCUT2D eigenvalue weighted by Crippen LogP contribution is -2.42. The molecule has 0 aromatic carbocycles. The highest BCUT2D eigenvalue weighted by molar-refractivity contribution is 7.10. The van der Waals surface area contributed by atoms with Crippen LogP contribution < -0.4 is 10.6 Å². The Balaban J connectivity index is 2.50. The third-order valence-corrected chi connectivity index (χ3v) is 3.61. The standard InChI is InChI=1S/C13H20N2O3S/c1-3-5-10(11-6-4-7-19-11)15-13(18)14-9(2)8-12(16)17/h4,6-7,9-10H,3,5,8H2,1-2H3,(H,16,17)(H2,14,15,18). The molecule has 1 rings (SSSR count). The Morgan fingerprint density at radius 3 is 2.68 bits per heavy atom. The van der Waals surface area contributed by atoms with E-state index in [-0.39, 0.29) is 24.5 Å². The molecule has 19 heavy (non-hydrogen) atoms. The van der Waals surface area contributed by atoms with Gasteiger partial charge in [0, 0.05) is 10.9 Å². The molecule has 5 nitrogen and oxygen atoms in total. The third-order valence-electron chi connectivity index (χ3n) is 2.63. The molecule has 0 aliphatic heterocycles. The van der Waals surface area contributed by atoms with Gasteiger partial charge in [-0.2, -0.15) is 0 Å². The van der Waals surface area contributed by atoms with Gasteiger partial charge in [-0.25, -0.2) is 4.79 Å². The summed E-state index contributed by atoms with van der Waals surface area (Å²) in [4.78, 5) is 23.5. The smallest absolute Gasteiger partial charge is 0.315 e. The van der Waals surface area contributed by atoms with E-state index in [0.29, 0.717) is 0 Å². The van der Waals surface area contributed by atoms with Crippen molar-refractivity contribution in [3.8, 4) is 0 Å². The van der Waals surface area contributed by atoms with Gasteiger partial charge in [0.1, 0.15) is 0 Å². The second-order valence-corrected chi connectivity index (χ2v) is 5.45. The number of carbonyl (C=O) groups is 2. The second-order valence-electron chi connectivity index (χ2n) is 4.47. The number of carboxylic acids is 1. The van der Waals surface area contributed by atoms with Crippen LogP contribution in [-0.2, 0) is 4.79 Å². The molecule has 0 fully saturated rings. The first-order chi connectivity index (χ1) is 9.02. The summed E-state index contributed by atoms with van der Waals surface area (Å²) in [5.74, 6) is -0.920. The molecule has 0 radical (unpaired) electrons. The van der Waals surface area contributed by atoms with Gasteiger partial charge in [0.25, 0.3) is 0 Å². The predicted octanol–water partition coefficient (Wildman–Crippen LogP) is 2.75. The molecule has 1 aromatic rings. The summed E-state index contributed by atoms with van der Waals surface area (Å²) in [6.07, 6.45) is 1.75. The molecule has 0 aliphatic rings. The lowest BCUT2D eigenvalue weighted by molar-refractivity contribution is -0.137. The highest BCUT2D eigenvalue weighted by Gasteiger charge is 2.16. The van der Waals surface area contributed by atoms with Gasteiger partial charge < -0.3 is 15.7 Å². The van der Waals surface area contributed by atoms with E-state index < -0.39 is 5.97 Å². The lowest BCUT2D eigenvalue weighted by atomic mass is 10.1. The van der Waals surface area contributed by atoms with E-state index >= 15 is 0 Å². The molecule has 1 heterocycles. The van der Waals surface area contributed by atoms with Crippen LogP contribution in [0.2, 0.25) is 0 Å². The number of thiophene rings is 1. The van der Waals surface area contributed by atoms with Crippen molar-refractivity contribution in [1.82, 2.24) is 10.6 Å². The molecule has 106 valence electrons. The van der Waals surface area contributed by atoms with E-state index in [9.17, 15) is 9.59 Å². The van der Waals surface area contributed by atoms with Crippen LogP contribution in [0.1, 0.15) is 44.0 Å². The third kappa shape index (κ3) is 5.74. The average Bonchev–Trinajstić information content (AvgIpc) is 2.80. The van der Waals surface area contributed by atoms with E-state index in [1.807, 2.05) is 17.5 Å². The summed E-state index contributed by atoms with van der Waals surface area (Å²) in [5, 5.41) is 16.1. The van der Waals surface area contributed by atoms with Gasteiger partial charge in [0.05, 0.1) is 12.5 Å². The summed E-state index contributed by atoms with van der Waals surface area (Å²) < 4.78 is 0. The number of nitrogens with one attached hydrogen (secondary N) is 2. The average molecular weight is 284 g/mol. The van der Waals surface area contributed by atoms with E-state index in [4.69, 9.17) is 5.11 Å². The van der Waals surface area contributed by atoms with Crippen molar-refractivity contribution in [1.29, 1.82) is 0 Å². The maximum Gasteiger partial charge on any atom is 0.315 e. The van der Waals surface area contributed by atoms with Crippen LogP contribution >= 0.6 is 11.3 Å². The number of aliphatic carboxylic acids is 1. The van der Waals surface area contributed by atoms with Crippen LogP contribution in [0.3, 0.4) is 0 Å². The number of hydrogen-bond acceptors (Lipinski definition) is 3. The summed E-state index contributed by atoms with van der Waals surface area (Å²) >= 11 is 1.61. The highest BCUT2D eigenvalue weighted by Crippen LogP contribution is 2.22. The molecule has 0 aliphatic carbocycles. The zero-order chi connectivity index (χ0) is 14.3. The van der Waals surface area contributed by atoms with Gasteiger partial charge in [-0.1, -0.05) is 19.4 Å². The van der Waals surface area contributed by atoms with E-state index in [1.165, 1.54) is 0 Å². The fourth-order valence-corrected chi connectivity index (χ4v) is 2.61. The minimum Gasteiger partial charge on any atom is -0.481 e. The Labute approximate surface area is 117 Å². The number of amides is 2. The first kappa shape index (κ1) is 15.5. The van der Waals surface area contributed by atoms with Gasteiger partial charge in [-0.3, -0.25) is 4.79 Å². The molecule has 0 spiro atoms.